The summed E-state index contributed by atoms with van der Waals surface area (Å²) in [5, 5.41) is 0. The Balaban J connectivity index is 1.68. The van der Waals surface area contributed by atoms with Crippen LogP contribution >= 0.6 is 0 Å². The number of allylic oxidation sites excluding steroid dienone is 2. The maximum atomic E-state index is 2.67. The second-order valence-corrected chi connectivity index (χ2v) is 8.54. The molecule has 0 heteroatoms. The van der Waals surface area contributed by atoms with Crippen molar-refractivity contribution >= 4 is 0 Å². The molecule has 5 atom stereocenters. The molecule has 0 amide bonds. The predicted molar refractivity (Wildman–Crippen MR) is 80.9 cm³/mol. The van der Waals surface area contributed by atoms with Crippen molar-refractivity contribution in [1.82, 2.24) is 0 Å². The van der Waals surface area contributed by atoms with Crippen LogP contribution in [0.2, 0.25) is 0 Å². The van der Waals surface area contributed by atoms with E-state index >= 15 is 0 Å². The average molecular weight is 258 g/mol. The van der Waals surface area contributed by atoms with Crippen molar-refractivity contribution in [2.75, 3.05) is 0 Å². The molecule has 4 aliphatic carbocycles. The largest absolute Gasteiger partial charge is 0.0845 e. The second-order valence-electron chi connectivity index (χ2n) is 8.54. The van der Waals surface area contributed by atoms with E-state index in [0.29, 0.717) is 10.8 Å². The van der Waals surface area contributed by atoms with E-state index in [1.165, 1.54) is 64.2 Å². The fourth-order valence-corrected chi connectivity index (χ4v) is 6.62. The first-order valence-electron chi connectivity index (χ1n) is 8.84. The predicted octanol–water partition coefficient (Wildman–Crippen LogP) is 5.73. The first kappa shape index (κ1) is 12.5. The molecule has 106 valence electrons. The average Bonchev–Trinajstić information content (AvgIpc) is 2.79. The van der Waals surface area contributed by atoms with Crippen LogP contribution in [0.1, 0.15) is 78.1 Å². The highest BCUT2D eigenvalue weighted by Gasteiger charge is 2.54. The van der Waals surface area contributed by atoms with Crippen LogP contribution in [0.25, 0.3) is 0 Å². The standard InChI is InChI=1S/C19H30/c1-18-11-5-7-16(18)15-9-8-14-6-3-4-12-19(14,2)17(15)10-13-18/h7,14-15,17H,3-6,8-13H2,1-2H3/t14?,15-,17-,18-,19-/m0/s1. The van der Waals surface area contributed by atoms with Crippen molar-refractivity contribution < 1.29 is 0 Å². The summed E-state index contributed by atoms with van der Waals surface area (Å²) in [6, 6.07) is 0. The minimum absolute atomic E-state index is 0.610. The second kappa shape index (κ2) is 4.12. The summed E-state index contributed by atoms with van der Waals surface area (Å²) >= 11 is 0. The minimum Gasteiger partial charge on any atom is -0.0845 e. The van der Waals surface area contributed by atoms with Crippen molar-refractivity contribution in [3.63, 3.8) is 0 Å². The van der Waals surface area contributed by atoms with Crippen LogP contribution in [0, 0.1) is 28.6 Å². The molecule has 3 fully saturated rings. The molecule has 0 N–H and O–H groups in total. The highest BCUT2D eigenvalue weighted by atomic mass is 14.6. The smallest absolute Gasteiger partial charge is 0.0110 e. The molecule has 3 saturated carbocycles. The summed E-state index contributed by atoms with van der Waals surface area (Å²) in [7, 11) is 0. The zero-order valence-electron chi connectivity index (χ0n) is 12.9. The van der Waals surface area contributed by atoms with E-state index in [-0.39, 0.29) is 0 Å². The number of rotatable bonds is 0. The molecule has 0 aromatic rings. The lowest BCUT2D eigenvalue weighted by atomic mass is 9.47. The monoisotopic (exact) mass is 258 g/mol. The fourth-order valence-electron chi connectivity index (χ4n) is 6.62. The molecule has 0 aliphatic heterocycles. The maximum absolute atomic E-state index is 2.67. The molecule has 0 bridgehead atoms. The first-order chi connectivity index (χ1) is 9.13. The van der Waals surface area contributed by atoms with Crippen LogP contribution in [0.5, 0.6) is 0 Å². The highest BCUT2D eigenvalue weighted by Crippen LogP contribution is 2.64. The lowest BCUT2D eigenvalue weighted by Gasteiger charge is -2.58. The fraction of sp³-hybridized carbons (Fsp3) is 0.895. The lowest BCUT2D eigenvalue weighted by Crippen LogP contribution is -2.49. The van der Waals surface area contributed by atoms with Crippen molar-refractivity contribution in [3.8, 4) is 0 Å². The molecular formula is C19H30. The summed E-state index contributed by atoms with van der Waals surface area (Å²) in [6.07, 6.45) is 17.6. The summed E-state index contributed by atoms with van der Waals surface area (Å²) in [5.74, 6) is 3.07. The molecule has 0 aromatic heterocycles. The van der Waals surface area contributed by atoms with E-state index in [9.17, 15) is 0 Å². The van der Waals surface area contributed by atoms with Gasteiger partial charge in [0.25, 0.3) is 0 Å². The molecule has 4 aliphatic rings. The summed E-state index contributed by atoms with van der Waals surface area (Å²) in [6.45, 7) is 5.24. The van der Waals surface area contributed by atoms with Gasteiger partial charge in [0, 0.05) is 0 Å². The van der Waals surface area contributed by atoms with Gasteiger partial charge >= 0.3 is 0 Å². The molecule has 1 unspecified atom stereocenters. The normalized spacial score (nSPS) is 52.9. The van der Waals surface area contributed by atoms with Crippen LogP contribution in [-0.2, 0) is 0 Å². The third kappa shape index (κ3) is 1.64. The van der Waals surface area contributed by atoms with E-state index < -0.39 is 0 Å². The van der Waals surface area contributed by atoms with Gasteiger partial charge in [-0.1, -0.05) is 38.3 Å². The van der Waals surface area contributed by atoms with Crippen molar-refractivity contribution in [2.24, 2.45) is 28.6 Å². The molecule has 0 aromatic carbocycles. The minimum atomic E-state index is 0.610. The molecular weight excluding hydrogens is 228 g/mol. The summed E-state index contributed by atoms with van der Waals surface area (Å²) in [4.78, 5) is 0. The van der Waals surface area contributed by atoms with Gasteiger partial charge in [-0.15, -0.1) is 0 Å². The van der Waals surface area contributed by atoms with E-state index in [1.54, 1.807) is 0 Å². The first-order valence-corrected chi connectivity index (χ1v) is 8.84. The Morgan fingerprint density at radius 2 is 1.84 bits per heavy atom. The molecule has 0 nitrogen and oxygen atoms in total. The molecule has 0 spiro atoms. The molecule has 19 heavy (non-hydrogen) atoms. The molecule has 4 rings (SSSR count). The van der Waals surface area contributed by atoms with Crippen molar-refractivity contribution in [2.45, 2.75) is 78.1 Å². The Bertz CT molecular complexity index is 406. The van der Waals surface area contributed by atoms with Crippen LogP contribution in [-0.4, -0.2) is 0 Å². The third-order valence-corrected chi connectivity index (χ3v) is 7.77. The summed E-state index contributed by atoms with van der Waals surface area (Å²) in [5.41, 5.74) is 3.22. The Labute approximate surface area is 119 Å². The van der Waals surface area contributed by atoms with Crippen LogP contribution in [0.15, 0.2) is 11.6 Å². The lowest BCUT2D eigenvalue weighted by molar-refractivity contribution is -0.0507. The van der Waals surface area contributed by atoms with Crippen molar-refractivity contribution in [1.29, 1.82) is 0 Å². The van der Waals surface area contributed by atoms with E-state index in [2.05, 4.69) is 19.9 Å². The van der Waals surface area contributed by atoms with Crippen LogP contribution in [0.3, 0.4) is 0 Å². The van der Waals surface area contributed by atoms with Crippen LogP contribution in [0.4, 0.5) is 0 Å². The highest BCUT2D eigenvalue weighted by molar-refractivity contribution is 5.27. The van der Waals surface area contributed by atoms with Crippen LogP contribution < -0.4 is 0 Å². The van der Waals surface area contributed by atoms with E-state index in [0.717, 1.165) is 17.8 Å². The number of hydrogen-bond acceptors (Lipinski definition) is 0. The van der Waals surface area contributed by atoms with E-state index in [4.69, 9.17) is 0 Å². The zero-order chi connectivity index (χ0) is 13.1. The third-order valence-electron chi connectivity index (χ3n) is 7.77. The maximum Gasteiger partial charge on any atom is -0.0110 e. The Hall–Kier alpha value is -0.260. The van der Waals surface area contributed by atoms with Gasteiger partial charge in [0.15, 0.2) is 0 Å². The number of hydrogen-bond donors (Lipinski definition) is 0. The Morgan fingerprint density at radius 3 is 2.74 bits per heavy atom. The van der Waals surface area contributed by atoms with Gasteiger partial charge in [-0.05, 0) is 80.0 Å². The Morgan fingerprint density at radius 1 is 0.947 bits per heavy atom. The van der Waals surface area contributed by atoms with Gasteiger partial charge in [0.2, 0.25) is 0 Å². The molecule has 0 heterocycles. The zero-order valence-corrected chi connectivity index (χ0v) is 12.9. The SMILES string of the molecule is C[C@@]12CCC=C1[C@@H]1CCC3CCCC[C@]3(C)[C@H]1CC2. The van der Waals surface area contributed by atoms with Gasteiger partial charge in [0.1, 0.15) is 0 Å². The van der Waals surface area contributed by atoms with Gasteiger partial charge in [-0.25, -0.2) is 0 Å². The summed E-state index contributed by atoms with van der Waals surface area (Å²) < 4.78 is 0. The topological polar surface area (TPSA) is 0 Å². The van der Waals surface area contributed by atoms with Gasteiger partial charge in [-0.3, -0.25) is 0 Å². The van der Waals surface area contributed by atoms with Crippen molar-refractivity contribution in [3.05, 3.63) is 11.6 Å². The molecule has 0 saturated heterocycles. The van der Waals surface area contributed by atoms with Gasteiger partial charge in [0.05, 0.1) is 0 Å². The quantitative estimate of drug-likeness (QED) is 0.487. The Kier molecular flexibility index (Phi) is 2.71. The van der Waals surface area contributed by atoms with Gasteiger partial charge in [-0.2, -0.15) is 0 Å². The van der Waals surface area contributed by atoms with Gasteiger partial charge < -0.3 is 0 Å². The van der Waals surface area contributed by atoms with E-state index in [1.807, 2.05) is 5.57 Å². The number of fused-ring (bicyclic) bond motifs is 5. The molecule has 0 radical (unpaired) electrons.